The number of hydrogen-bond acceptors (Lipinski definition) is 5. The predicted octanol–water partition coefficient (Wildman–Crippen LogP) is 6.39. The van der Waals surface area contributed by atoms with E-state index >= 15 is 0 Å². The van der Waals surface area contributed by atoms with Crippen LogP contribution in [0.5, 0.6) is 5.75 Å². The number of pyridine rings is 1. The molecule has 0 aliphatic carbocycles. The maximum Gasteiger partial charge on any atom is 0.416 e. The van der Waals surface area contributed by atoms with Gasteiger partial charge in [-0.15, -0.1) is 11.8 Å². The number of aliphatic hydroxyl groups excluding tert-OH is 1. The van der Waals surface area contributed by atoms with Crippen LogP contribution in [0.4, 0.5) is 13.2 Å². The molecule has 36 heavy (non-hydrogen) atoms. The number of benzene rings is 2. The van der Waals surface area contributed by atoms with Crippen molar-refractivity contribution in [3.8, 4) is 16.9 Å². The number of aromatic hydroxyl groups is 1. The smallest absolute Gasteiger partial charge is 0.416 e. The minimum Gasteiger partial charge on any atom is -0.507 e. The number of nitrogens with zero attached hydrogens (tertiary/aromatic N) is 1. The van der Waals surface area contributed by atoms with E-state index in [9.17, 15) is 28.2 Å². The summed E-state index contributed by atoms with van der Waals surface area (Å²) >= 11 is 7.17. The Hall–Kier alpha value is -2.20. The molecule has 0 aliphatic rings. The molecule has 0 bridgehead atoms. The summed E-state index contributed by atoms with van der Waals surface area (Å²) in [4.78, 5) is 18.0. The second kappa shape index (κ2) is 11.9. The van der Waals surface area contributed by atoms with E-state index in [1.807, 2.05) is 7.05 Å². The van der Waals surface area contributed by atoms with Crippen LogP contribution in [-0.4, -0.2) is 52.1 Å². The third-order valence-corrected chi connectivity index (χ3v) is 7.16. The highest BCUT2D eigenvalue weighted by atomic mass is 35.5. The summed E-state index contributed by atoms with van der Waals surface area (Å²) < 4.78 is 40.5. The molecule has 3 rings (SSSR count). The second-order valence-electron chi connectivity index (χ2n) is 9.34. The number of aromatic amines is 1. The molecule has 196 valence electrons. The number of H-pyrrole nitrogens is 1. The van der Waals surface area contributed by atoms with E-state index in [0.29, 0.717) is 12.3 Å². The third-order valence-electron chi connectivity index (χ3n) is 5.70. The molecule has 0 radical (unpaired) electrons. The molecule has 10 heteroatoms. The Bertz CT molecular complexity index is 1260. The Balaban J connectivity index is 1.97. The number of alkyl halides is 3. The average molecular weight is 543 g/mol. The molecule has 0 amide bonds. The number of hydrogen-bond donors (Lipinski definition) is 3. The van der Waals surface area contributed by atoms with Crippen LogP contribution >= 0.6 is 23.4 Å². The SMILES string of the molecule is CC(C)CN(C)CCCC(O)CSc1c(-c2cc(Cl)ccc2O)c2cc(C(F)(F)F)ccc2[nH]c1=O. The number of aromatic nitrogens is 1. The minimum atomic E-state index is -4.59. The number of phenolic OH excluding ortho intramolecular Hbond substituents is 1. The first-order chi connectivity index (χ1) is 16.9. The number of phenols is 1. The lowest BCUT2D eigenvalue weighted by atomic mass is 9.98. The van der Waals surface area contributed by atoms with Crippen molar-refractivity contribution in [2.75, 3.05) is 25.9 Å². The molecule has 1 atom stereocenters. The number of rotatable bonds is 10. The van der Waals surface area contributed by atoms with Crippen molar-refractivity contribution in [1.82, 2.24) is 9.88 Å². The zero-order valence-electron chi connectivity index (χ0n) is 20.3. The van der Waals surface area contributed by atoms with Crippen molar-refractivity contribution >= 4 is 34.3 Å². The Kier molecular flexibility index (Phi) is 9.38. The van der Waals surface area contributed by atoms with Crippen LogP contribution in [0.15, 0.2) is 46.1 Å². The number of halogens is 4. The molecule has 1 heterocycles. The van der Waals surface area contributed by atoms with Gasteiger partial charge in [-0.05, 0) is 68.8 Å². The van der Waals surface area contributed by atoms with Crippen LogP contribution in [0.25, 0.3) is 22.0 Å². The van der Waals surface area contributed by atoms with Crippen molar-refractivity contribution in [3.05, 3.63) is 57.3 Å². The summed E-state index contributed by atoms with van der Waals surface area (Å²) in [5.74, 6) is 0.476. The first-order valence-corrected chi connectivity index (χ1v) is 13.0. The second-order valence-corrected chi connectivity index (χ2v) is 10.8. The molecule has 0 spiro atoms. The Morgan fingerprint density at radius 1 is 1.17 bits per heavy atom. The van der Waals surface area contributed by atoms with Gasteiger partial charge in [-0.3, -0.25) is 4.79 Å². The van der Waals surface area contributed by atoms with Gasteiger partial charge in [-0.25, -0.2) is 0 Å². The Morgan fingerprint density at radius 2 is 1.89 bits per heavy atom. The van der Waals surface area contributed by atoms with Crippen molar-refractivity contribution < 1.29 is 23.4 Å². The normalized spacial score (nSPS) is 13.2. The molecular formula is C26H30ClF3N2O3S. The quantitative estimate of drug-likeness (QED) is 0.259. The lowest BCUT2D eigenvalue weighted by Crippen LogP contribution is -2.25. The highest BCUT2D eigenvalue weighted by molar-refractivity contribution is 7.99. The average Bonchev–Trinajstić information content (AvgIpc) is 2.77. The van der Waals surface area contributed by atoms with Crippen LogP contribution in [0.3, 0.4) is 0 Å². The molecule has 0 saturated heterocycles. The van der Waals surface area contributed by atoms with Gasteiger partial charge in [0.1, 0.15) is 5.75 Å². The fourth-order valence-corrected chi connectivity index (χ4v) is 5.38. The van der Waals surface area contributed by atoms with E-state index in [4.69, 9.17) is 11.6 Å². The van der Waals surface area contributed by atoms with Crippen molar-refractivity contribution in [2.45, 2.75) is 43.9 Å². The number of fused-ring (bicyclic) bond motifs is 1. The highest BCUT2D eigenvalue weighted by Crippen LogP contribution is 2.42. The Morgan fingerprint density at radius 3 is 2.56 bits per heavy atom. The van der Waals surface area contributed by atoms with Gasteiger partial charge >= 0.3 is 6.18 Å². The number of aliphatic hydroxyl groups is 1. The van der Waals surface area contributed by atoms with Crippen LogP contribution in [0, 0.1) is 5.92 Å². The van der Waals surface area contributed by atoms with Gasteiger partial charge in [0.05, 0.1) is 16.6 Å². The van der Waals surface area contributed by atoms with Gasteiger partial charge in [-0.2, -0.15) is 13.2 Å². The molecule has 3 N–H and O–H groups in total. The van der Waals surface area contributed by atoms with E-state index in [1.54, 1.807) is 0 Å². The van der Waals surface area contributed by atoms with Gasteiger partial charge in [0, 0.05) is 39.4 Å². The van der Waals surface area contributed by atoms with Crippen LogP contribution < -0.4 is 5.56 Å². The monoisotopic (exact) mass is 542 g/mol. The summed E-state index contributed by atoms with van der Waals surface area (Å²) in [6.07, 6.45) is -4.04. The zero-order valence-corrected chi connectivity index (χ0v) is 21.9. The number of nitrogens with one attached hydrogen (secondary N) is 1. The van der Waals surface area contributed by atoms with Gasteiger partial charge in [0.25, 0.3) is 5.56 Å². The lowest BCUT2D eigenvalue weighted by molar-refractivity contribution is -0.137. The maximum absolute atomic E-state index is 13.5. The fraction of sp³-hybridized carbons (Fsp3) is 0.423. The molecule has 0 saturated carbocycles. The summed E-state index contributed by atoms with van der Waals surface area (Å²) in [5.41, 5.74) is -0.920. The van der Waals surface area contributed by atoms with Gasteiger partial charge in [0.15, 0.2) is 0 Å². The van der Waals surface area contributed by atoms with Gasteiger partial charge in [-0.1, -0.05) is 25.4 Å². The summed E-state index contributed by atoms with van der Waals surface area (Å²) in [6.45, 7) is 6.04. The van der Waals surface area contributed by atoms with Gasteiger partial charge in [0.2, 0.25) is 0 Å². The zero-order chi connectivity index (χ0) is 26.6. The van der Waals surface area contributed by atoms with E-state index in [-0.39, 0.29) is 43.5 Å². The predicted molar refractivity (Wildman–Crippen MR) is 140 cm³/mol. The van der Waals surface area contributed by atoms with E-state index in [2.05, 4.69) is 23.7 Å². The summed E-state index contributed by atoms with van der Waals surface area (Å²) in [5, 5.41) is 21.5. The van der Waals surface area contributed by atoms with Gasteiger partial charge < -0.3 is 20.1 Å². The molecule has 0 fully saturated rings. The van der Waals surface area contributed by atoms with Crippen LogP contribution in [0.2, 0.25) is 5.02 Å². The van der Waals surface area contributed by atoms with Crippen LogP contribution in [0.1, 0.15) is 32.3 Å². The molecule has 5 nitrogen and oxygen atoms in total. The molecule has 1 unspecified atom stereocenters. The van der Waals surface area contributed by atoms with Crippen LogP contribution in [-0.2, 0) is 6.18 Å². The van der Waals surface area contributed by atoms with Crippen molar-refractivity contribution in [3.63, 3.8) is 0 Å². The largest absolute Gasteiger partial charge is 0.507 e. The molecule has 3 aromatic rings. The third kappa shape index (κ3) is 7.18. The molecule has 2 aromatic carbocycles. The lowest BCUT2D eigenvalue weighted by Gasteiger charge is -2.20. The summed E-state index contributed by atoms with van der Waals surface area (Å²) in [6, 6.07) is 7.23. The standard InChI is InChI=1S/C26H30ClF3N2O3S/c1-15(2)13-32(3)10-4-5-18(33)14-36-24-23(20-12-17(27)7-9-22(20)34)19-11-16(26(28,29)30)6-8-21(19)31-25(24)35/h6-9,11-12,15,18,33-34H,4-5,10,13-14H2,1-3H3,(H,31,35). The Labute approximate surface area is 217 Å². The number of thioether (sulfide) groups is 1. The fourth-order valence-electron chi connectivity index (χ4n) is 4.14. The van der Waals surface area contributed by atoms with E-state index < -0.39 is 23.4 Å². The van der Waals surface area contributed by atoms with E-state index in [1.165, 1.54) is 24.3 Å². The first-order valence-electron chi connectivity index (χ1n) is 11.6. The highest BCUT2D eigenvalue weighted by Gasteiger charge is 2.31. The first kappa shape index (κ1) is 28.4. The maximum atomic E-state index is 13.5. The minimum absolute atomic E-state index is 0.107. The van der Waals surface area contributed by atoms with E-state index in [0.717, 1.165) is 43.4 Å². The topological polar surface area (TPSA) is 76.6 Å². The van der Waals surface area contributed by atoms with Crippen molar-refractivity contribution in [2.24, 2.45) is 5.92 Å². The molecule has 0 aliphatic heterocycles. The molecular weight excluding hydrogens is 513 g/mol. The summed E-state index contributed by atoms with van der Waals surface area (Å²) in [7, 11) is 2.02. The molecule has 1 aromatic heterocycles. The van der Waals surface area contributed by atoms with Crippen molar-refractivity contribution in [1.29, 1.82) is 0 Å².